The summed E-state index contributed by atoms with van der Waals surface area (Å²) in [5, 5.41) is 4.92. The highest BCUT2D eigenvalue weighted by Crippen LogP contribution is 2.58. The first-order valence-corrected chi connectivity index (χ1v) is 22.2. The van der Waals surface area contributed by atoms with Gasteiger partial charge in [-0.1, -0.05) is 231 Å². The maximum atomic E-state index is 2.44. The molecule has 1 nitrogen and oxygen atoms in total. The number of hydrogen-bond acceptors (Lipinski definition) is 1. The first-order chi connectivity index (χ1) is 31.8. The third-order valence-corrected chi connectivity index (χ3v) is 13.4. The Bertz CT molecular complexity index is 3420. The van der Waals surface area contributed by atoms with Gasteiger partial charge in [0.15, 0.2) is 0 Å². The molecule has 1 aliphatic rings. The topological polar surface area (TPSA) is 3.24 Å². The highest BCUT2D eigenvalue weighted by atomic mass is 15.1. The van der Waals surface area contributed by atoms with Gasteiger partial charge in [-0.2, -0.15) is 0 Å². The fraction of sp³-hybridized carbons (Fsp3) is 0.0159. The Labute approximate surface area is 374 Å². The molecule has 0 radical (unpaired) electrons. The summed E-state index contributed by atoms with van der Waals surface area (Å²) < 4.78 is 0. The first-order valence-electron chi connectivity index (χ1n) is 22.2. The van der Waals surface area contributed by atoms with Gasteiger partial charge in [-0.3, -0.25) is 0 Å². The van der Waals surface area contributed by atoms with Crippen molar-refractivity contribution in [1.82, 2.24) is 0 Å². The Kier molecular flexibility index (Phi) is 9.13. The fourth-order valence-corrected chi connectivity index (χ4v) is 10.6. The molecule has 0 aromatic heterocycles. The zero-order valence-electron chi connectivity index (χ0n) is 35.3. The number of fused-ring (bicyclic) bond motifs is 6. The molecule has 0 bridgehead atoms. The molecule has 0 saturated carbocycles. The van der Waals surface area contributed by atoms with Gasteiger partial charge in [0.2, 0.25) is 0 Å². The van der Waals surface area contributed by atoms with E-state index in [-0.39, 0.29) is 0 Å². The van der Waals surface area contributed by atoms with Crippen LogP contribution in [0, 0.1) is 0 Å². The zero-order valence-corrected chi connectivity index (χ0v) is 35.3. The molecule has 0 heterocycles. The molecule has 64 heavy (non-hydrogen) atoms. The molecular weight excluding hydrogens is 771 g/mol. The highest BCUT2D eigenvalue weighted by Gasteiger charge is 2.46. The van der Waals surface area contributed by atoms with Crippen molar-refractivity contribution in [2.75, 3.05) is 4.90 Å². The lowest BCUT2D eigenvalue weighted by Crippen LogP contribution is -2.28. The molecule has 11 aromatic rings. The van der Waals surface area contributed by atoms with Crippen LogP contribution in [0.25, 0.3) is 66.1 Å². The molecule has 300 valence electrons. The SMILES string of the molecule is c1ccc(-c2ccccc2-c2ccc(N(c3ccc(-c4cccc5c4-c4ccccc4C5(c4ccccc4)c4ccccc4)cc3)c3cc4ccccc4c4ccccc34)cc2)cc1. The number of nitrogens with zero attached hydrogens (tertiary/aromatic N) is 1. The molecule has 0 spiro atoms. The Hall–Kier alpha value is -8.26. The minimum Gasteiger partial charge on any atom is -0.310 e. The van der Waals surface area contributed by atoms with Crippen molar-refractivity contribution in [3.05, 3.63) is 283 Å². The lowest BCUT2D eigenvalue weighted by atomic mass is 9.67. The van der Waals surface area contributed by atoms with E-state index in [2.05, 4.69) is 266 Å². The van der Waals surface area contributed by atoms with Crippen LogP contribution in [0.4, 0.5) is 17.1 Å². The van der Waals surface area contributed by atoms with Crippen LogP contribution < -0.4 is 4.90 Å². The number of hydrogen-bond donors (Lipinski definition) is 0. The lowest BCUT2D eigenvalue weighted by molar-refractivity contribution is 0.768. The summed E-state index contributed by atoms with van der Waals surface area (Å²) in [5.41, 5.74) is 17.9. The molecule has 1 aliphatic carbocycles. The second-order valence-electron chi connectivity index (χ2n) is 16.8. The smallest absolute Gasteiger partial charge is 0.0713 e. The molecular formula is C63H43N. The summed E-state index contributed by atoms with van der Waals surface area (Å²) in [6.45, 7) is 0. The van der Waals surface area contributed by atoms with E-state index in [0.29, 0.717) is 0 Å². The molecule has 0 N–H and O–H groups in total. The summed E-state index contributed by atoms with van der Waals surface area (Å²) in [7, 11) is 0. The van der Waals surface area contributed by atoms with E-state index in [4.69, 9.17) is 0 Å². The molecule has 0 unspecified atom stereocenters. The van der Waals surface area contributed by atoms with Crippen LogP contribution in [0.3, 0.4) is 0 Å². The van der Waals surface area contributed by atoms with E-state index in [0.717, 1.165) is 17.1 Å². The van der Waals surface area contributed by atoms with Crippen molar-refractivity contribution < 1.29 is 0 Å². The molecule has 0 atom stereocenters. The van der Waals surface area contributed by atoms with Crippen molar-refractivity contribution in [3.8, 4) is 44.5 Å². The third kappa shape index (κ3) is 6.01. The van der Waals surface area contributed by atoms with Gasteiger partial charge in [0, 0.05) is 16.8 Å². The quantitative estimate of drug-likeness (QED) is 0.138. The van der Waals surface area contributed by atoms with Crippen LogP contribution >= 0.6 is 0 Å². The van der Waals surface area contributed by atoms with Crippen LogP contribution in [0.1, 0.15) is 22.3 Å². The monoisotopic (exact) mass is 813 g/mol. The zero-order chi connectivity index (χ0) is 42.5. The van der Waals surface area contributed by atoms with Crippen molar-refractivity contribution in [3.63, 3.8) is 0 Å². The van der Waals surface area contributed by atoms with E-state index in [1.54, 1.807) is 0 Å². The summed E-state index contributed by atoms with van der Waals surface area (Å²) in [4.78, 5) is 2.44. The number of rotatable bonds is 8. The second-order valence-corrected chi connectivity index (χ2v) is 16.8. The van der Waals surface area contributed by atoms with E-state index in [9.17, 15) is 0 Å². The van der Waals surface area contributed by atoms with Gasteiger partial charge in [0.25, 0.3) is 0 Å². The minimum absolute atomic E-state index is 0.452. The maximum absolute atomic E-state index is 2.44. The summed E-state index contributed by atoms with van der Waals surface area (Å²) >= 11 is 0. The Morgan fingerprint density at radius 2 is 0.719 bits per heavy atom. The number of anilines is 3. The Balaban J connectivity index is 1.02. The third-order valence-electron chi connectivity index (χ3n) is 13.4. The largest absolute Gasteiger partial charge is 0.310 e. The predicted octanol–water partition coefficient (Wildman–Crippen LogP) is 16.8. The molecule has 11 aromatic carbocycles. The second kappa shape index (κ2) is 15.6. The Morgan fingerprint density at radius 1 is 0.281 bits per heavy atom. The van der Waals surface area contributed by atoms with Crippen LogP contribution in [0.5, 0.6) is 0 Å². The van der Waals surface area contributed by atoms with Gasteiger partial charge in [-0.05, 0) is 113 Å². The van der Waals surface area contributed by atoms with Crippen LogP contribution in [-0.2, 0) is 5.41 Å². The van der Waals surface area contributed by atoms with Crippen LogP contribution in [-0.4, -0.2) is 0 Å². The molecule has 1 heteroatoms. The van der Waals surface area contributed by atoms with E-state index >= 15 is 0 Å². The highest BCUT2D eigenvalue weighted by molar-refractivity contribution is 6.14. The maximum Gasteiger partial charge on any atom is 0.0713 e. The van der Waals surface area contributed by atoms with Gasteiger partial charge >= 0.3 is 0 Å². The number of benzene rings is 11. The van der Waals surface area contributed by atoms with Crippen molar-refractivity contribution in [1.29, 1.82) is 0 Å². The molecule has 12 rings (SSSR count). The lowest BCUT2D eigenvalue weighted by Gasteiger charge is -2.34. The molecule has 0 amide bonds. The van der Waals surface area contributed by atoms with Gasteiger partial charge in [-0.15, -0.1) is 0 Å². The van der Waals surface area contributed by atoms with Gasteiger partial charge < -0.3 is 4.90 Å². The van der Waals surface area contributed by atoms with Crippen LogP contribution in [0.2, 0.25) is 0 Å². The summed E-state index contributed by atoms with van der Waals surface area (Å²) in [6, 6.07) is 95.7. The standard InChI is InChI=1S/C63H43N/c1-4-19-44(20-5-1)52-26-12-13-27-53(52)45-35-39-50(40-36-45)64(61-43-47-21-10-11-28-54(47)56-29-14-15-30-57(56)61)51-41-37-46(38-42-51)55-32-18-34-60-62(55)58-31-16-17-33-59(58)63(60,48-22-6-2-7-23-48)49-24-8-3-9-25-49/h1-43H. The van der Waals surface area contributed by atoms with Crippen molar-refractivity contribution in [2.24, 2.45) is 0 Å². The molecule has 0 fully saturated rings. The van der Waals surface area contributed by atoms with E-state index < -0.39 is 5.41 Å². The molecule has 0 aliphatic heterocycles. The van der Waals surface area contributed by atoms with E-state index in [1.165, 1.54) is 88.3 Å². The average molecular weight is 814 g/mol. The van der Waals surface area contributed by atoms with Gasteiger partial charge in [0.1, 0.15) is 0 Å². The van der Waals surface area contributed by atoms with Gasteiger partial charge in [0.05, 0.1) is 11.1 Å². The van der Waals surface area contributed by atoms with E-state index in [1.807, 2.05) is 0 Å². The predicted molar refractivity (Wildman–Crippen MR) is 270 cm³/mol. The summed E-state index contributed by atoms with van der Waals surface area (Å²) in [5.74, 6) is 0. The summed E-state index contributed by atoms with van der Waals surface area (Å²) in [6.07, 6.45) is 0. The molecule has 0 saturated heterocycles. The van der Waals surface area contributed by atoms with Crippen molar-refractivity contribution >= 4 is 38.6 Å². The first kappa shape index (κ1) is 37.5. The van der Waals surface area contributed by atoms with Gasteiger partial charge in [-0.25, -0.2) is 0 Å². The van der Waals surface area contributed by atoms with Crippen molar-refractivity contribution in [2.45, 2.75) is 5.41 Å². The van der Waals surface area contributed by atoms with Crippen LogP contribution in [0.15, 0.2) is 261 Å². The average Bonchev–Trinajstić information content (AvgIpc) is 3.69. The fourth-order valence-electron chi connectivity index (χ4n) is 10.6. The normalized spacial score (nSPS) is 12.5. The Morgan fingerprint density at radius 3 is 1.34 bits per heavy atom. The minimum atomic E-state index is -0.452.